The quantitative estimate of drug-likeness (QED) is 0.720. The monoisotopic (exact) mass is 370 g/mol. The summed E-state index contributed by atoms with van der Waals surface area (Å²) in [5.41, 5.74) is 5.43. The highest BCUT2D eigenvalue weighted by Crippen LogP contribution is 2.38. The van der Waals surface area contributed by atoms with Crippen LogP contribution in [0.1, 0.15) is 44.9 Å². The lowest BCUT2D eigenvalue weighted by Crippen LogP contribution is -2.44. The molecular weight excluding hydrogens is 344 g/mol. The van der Waals surface area contributed by atoms with E-state index in [9.17, 15) is 14.4 Å². The van der Waals surface area contributed by atoms with Crippen LogP contribution in [0.15, 0.2) is 0 Å². The second-order valence-corrected chi connectivity index (χ2v) is 7.89. The molecule has 2 saturated carbocycles. The van der Waals surface area contributed by atoms with Crippen LogP contribution in [-0.4, -0.2) is 58.9 Å². The van der Waals surface area contributed by atoms with Gasteiger partial charge < -0.3 is 16.0 Å². The predicted molar refractivity (Wildman–Crippen MR) is 94.1 cm³/mol. The van der Waals surface area contributed by atoms with E-state index in [-0.39, 0.29) is 49.3 Å². The number of nitrogens with one attached hydrogen (secondary N) is 1. The number of likely N-dealkylation sites (tertiary alicyclic amines) is 1. The number of rotatable bonds is 3. The fraction of sp³-hybridized carbons (Fsp3) is 0.824. The average Bonchev–Trinajstić information content (AvgIpc) is 3.28. The zero-order chi connectivity index (χ0) is 16.9. The molecule has 3 unspecified atom stereocenters. The summed E-state index contributed by atoms with van der Waals surface area (Å²) in [7, 11) is 0. The Labute approximate surface area is 154 Å². The van der Waals surface area contributed by atoms with E-state index in [0.717, 1.165) is 51.6 Å². The van der Waals surface area contributed by atoms with Gasteiger partial charge in [-0.15, -0.1) is 12.4 Å². The number of amides is 4. The first kappa shape index (κ1) is 18.5. The fourth-order valence-corrected chi connectivity index (χ4v) is 5.07. The average molecular weight is 371 g/mol. The van der Waals surface area contributed by atoms with E-state index >= 15 is 0 Å². The molecule has 0 aromatic carbocycles. The third kappa shape index (κ3) is 3.01. The van der Waals surface area contributed by atoms with Gasteiger partial charge in [-0.1, -0.05) is 12.8 Å². The lowest BCUT2D eigenvalue weighted by Gasteiger charge is -2.21. The third-order valence-electron chi connectivity index (χ3n) is 6.52. The highest BCUT2D eigenvalue weighted by atomic mass is 35.5. The number of hydrogen-bond acceptors (Lipinski definition) is 4. The van der Waals surface area contributed by atoms with Crippen LogP contribution in [-0.2, 0) is 9.59 Å². The molecule has 0 radical (unpaired) electrons. The van der Waals surface area contributed by atoms with Crippen LogP contribution in [0.4, 0.5) is 4.79 Å². The van der Waals surface area contributed by atoms with E-state index in [4.69, 9.17) is 5.73 Å². The van der Waals surface area contributed by atoms with Gasteiger partial charge in [0.15, 0.2) is 0 Å². The Kier molecular flexibility index (Phi) is 4.99. The summed E-state index contributed by atoms with van der Waals surface area (Å²) < 4.78 is 0. The van der Waals surface area contributed by atoms with Crippen molar-refractivity contribution in [1.29, 1.82) is 0 Å². The van der Waals surface area contributed by atoms with Gasteiger partial charge in [0.1, 0.15) is 5.54 Å². The van der Waals surface area contributed by atoms with Crippen LogP contribution in [0.3, 0.4) is 0 Å². The summed E-state index contributed by atoms with van der Waals surface area (Å²) in [6.45, 7) is 1.69. The number of carbonyl (C=O) groups excluding carboxylic acids is 3. The largest absolute Gasteiger partial charge is 0.342 e. The molecule has 4 aliphatic rings. The van der Waals surface area contributed by atoms with Crippen molar-refractivity contribution >= 4 is 30.3 Å². The van der Waals surface area contributed by atoms with Crippen LogP contribution in [0, 0.1) is 11.8 Å². The molecule has 3 atom stereocenters. The topological polar surface area (TPSA) is 95.7 Å². The molecule has 7 nitrogen and oxygen atoms in total. The molecular formula is C17H27ClN4O3. The minimum atomic E-state index is -0.683. The highest BCUT2D eigenvalue weighted by molar-refractivity contribution is 6.07. The third-order valence-corrected chi connectivity index (χ3v) is 6.52. The number of hydrogen-bond donors (Lipinski definition) is 2. The SMILES string of the molecule is Cl.NC1CCC2CN(C(=O)CCN3C(=O)NC4(CCCC4)C3=O)CC12. The van der Waals surface area contributed by atoms with E-state index in [0.29, 0.717) is 11.8 Å². The number of carbonyl (C=O) groups is 3. The minimum absolute atomic E-state index is 0. The molecule has 4 rings (SSSR count). The first-order chi connectivity index (χ1) is 11.5. The van der Waals surface area contributed by atoms with Crippen molar-refractivity contribution in [1.82, 2.24) is 15.1 Å². The van der Waals surface area contributed by atoms with Crippen LogP contribution >= 0.6 is 12.4 Å². The highest BCUT2D eigenvalue weighted by Gasteiger charge is 2.52. The van der Waals surface area contributed by atoms with Gasteiger partial charge in [0, 0.05) is 32.1 Å². The summed E-state index contributed by atoms with van der Waals surface area (Å²) in [6.07, 6.45) is 5.74. The lowest BCUT2D eigenvalue weighted by molar-refractivity contribution is -0.133. The second-order valence-electron chi connectivity index (χ2n) is 7.89. The lowest BCUT2D eigenvalue weighted by atomic mass is 9.98. The molecule has 2 heterocycles. The van der Waals surface area contributed by atoms with Gasteiger partial charge in [-0.2, -0.15) is 0 Å². The molecule has 8 heteroatoms. The van der Waals surface area contributed by atoms with Gasteiger partial charge in [-0.25, -0.2) is 4.79 Å². The summed E-state index contributed by atoms with van der Waals surface area (Å²) >= 11 is 0. The van der Waals surface area contributed by atoms with E-state index < -0.39 is 5.54 Å². The minimum Gasteiger partial charge on any atom is -0.342 e. The number of imide groups is 1. The molecule has 2 aliphatic heterocycles. The molecule has 2 saturated heterocycles. The van der Waals surface area contributed by atoms with E-state index in [1.54, 1.807) is 0 Å². The van der Waals surface area contributed by atoms with Crippen molar-refractivity contribution in [3.63, 3.8) is 0 Å². The van der Waals surface area contributed by atoms with Gasteiger partial charge in [-0.3, -0.25) is 14.5 Å². The first-order valence-electron chi connectivity index (χ1n) is 9.18. The summed E-state index contributed by atoms with van der Waals surface area (Å²) in [6, 6.07) is -0.129. The van der Waals surface area contributed by atoms with Gasteiger partial charge in [-0.05, 0) is 37.5 Å². The smallest absolute Gasteiger partial charge is 0.325 e. The number of fused-ring (bicyclic) bond motifs is 1. The van der Waals surface area contributed by atoms with Crippen molar-refractivity contribution in [3.8, 4) is 0 Å². The standard InChI is InChI=1S/C17H26N4O3.ClH/c18-13-4-3-11-9-20(10-12(11)13)14(22)5-8-21-15(23)17(19-16(21)24)6-1-2-7-17;/h11-13H,1-10,18H2,(H,19,24);1H. The maximum atomic E-state index is 12.6. The molecule has 2 aliphatic carbocycles. The van der Waals surface area contributed by atoms with E-state index in [1.807, 2.05) is 4.90 Å². The van der Waals surface area contributed by atoms with Crippen molar-refractivity contribution in [2.24, 2.45) is 17.6 Å². The van der Waals surface area contributed by atoms with Crippen molar-refractivity contribution in [3.05, 3.63) is 0 Å². The van der Waals surface area contributed by atoms with Crippen molar-refractivity contribution < 1.29 is 14.4 Å². The second kappa shape index (κ2) is 6.76. The zero-order valence-corrected chi connectivity index (χ0v) is 15.2. The van der Waals surface area contributed by atoms with Crippen LogP contribution < -0.4 is 11.1 Å². The Bertz CT molecular complexity index is 578. The van der Waals surface area contributed by atoms with Crippen molar-refractivity contribution in [2.75, 3.05) is 19.6 Å². The normalized spacial score (nSPS) is 32.9. The Morgan fingerprint density at radius 3 is 2.60 bits per heavy atom. The molecule has 0 aromatic heterocycles. The zero-order valence-electron chi connectivity index (χ0n) is 14.4. The molecule has 4 amide bonds. The van der Waals surface area contributed by atoms with Gasteiger partial charge >= 0.3 is 6.03 Å². The Hall–Kier alpha value is -1.34. The first-order valence-corrected chi connectivity index (χ1v) is 9.18. The van der Waals surface area contributed by atoms with Crippen LogP contribution in [0.5, 0.6) is 0 Å². The number of urea groups is 1. The number of nitrogens with zero attached hydrogens (tertiary/aromatic N) is 2. The van der Waals surface area contributed by atoms with E-state index in [1.165, 1.54) is 4.90 Å². The molecule has 25 heavy (non-hydrogen) atoms. The summed E-state index contributed by atoms with van der Waals surface area (Å²) in [5, 5.41) is 2.86. The molecule has 1 spiro atoms. The molecule has 0 bridgehead atoms. The molecule has 140 valence electrons. The van der Waals surface area contributed by atoms with Crippen LogP contribution in [0.25, 0.3) is 0 Å². The van der Waals surface area contributed by atoms with Crippen molar-refractivity contribution in [2.45, 2.75) is 56.5 Å². The van der Waals surface area contributed by atoms with Gasteiger partial charge in [0.05, 0.1) is 0 Å². The molecule has 3 N–H and O–H groups in total. The fourth-order valence-electron chi connectivity index (χ4n) is 5.07. The Morgan fingerprint density at radius 1 is 1.20 bits per heavy atom. The van der Waals surface area contributed by atoms with Gasteiger partial charge in [0.2, 0.25) is 5.91 Å². The maximum Gasteiger partial charge on any atom is 0.325 e. The summed E-state index contributed by atoms with van der Waals surface area (Å²) in [4.78, 5) is 40.3. The number of halogens is 1. The Morgan fingerprint density at radius 2 is 1.92 bits per heavy atom. The maximum absolute atomic E-state index is 12.6. The Balaban J connectivity index is 0.00000182. The predicted octanol–water partition coefficient (Wildman–Crippen LogP) is 0.859. The molecule has 0 aromatic rings. The van der Waals surface area contributed by atoms with Gasteiger partial charge in [0.25, 0.3) is 5.91 Å². The summed E-state index contributed by atoms with van der Waals surface area (Å²) in [5.74, 6) is 0.845. The molecule has 4 fully saturated rings. The van der Waals surface area contributed by atoms with Crippen LogP contribution in [0.2, 0.25) is 0 Å². The number of nitrogens with two attached hydrogens (primary N) is 1. The van der Waals surface area contributed by atoms with E-state index in [2.05, 4.69) is 5.32 Å².